The highest BCUT2D eigenvalue weighted by atomic mass is 32.1. The Morgan fingerprint density at radius 2 is 1.94 bits per heavy atom. The molecule has 1 aromatic heterocycles. The lowest BCUT2D eigenvalue weighted by Crippen LogP contribution is -2.40. The molecule has 0 saturated carbocycles. The molecule has 0 radical (unpaired) electrons. The number of likely N-dealkylation sites (tertiary alicyclic amines) is 1. The zero-order valence-electron chi connectivity index (χ0n) is 17.7. The second-order valence-electron chi connectivity index (χ2n) is 7.72. The highest BCUT2D eigenvalue weighted by Crippen LogP contribution is 2.37. The number of carbonyl (C=O) groups excluding carboxylic acids is 2. The van der Waals surface area contributed by atoms with Gasteiger partial charge in [-0.25, -0.2) is 0 Å². The Morgan fingerprint density at radius 3 is 2.61 bits per heavy atom. The zero-order valence-corrected chi connectivity index (χ0v) is 18.5. The minimum Gasteiger partial charge on any atom is -0.493 e. The molecule has 31 heavy (non-hydrogen) atoms. The first-order valence-corrected chi connectivity index (χ1v) is 11.2. The lowest BCUT2D eigenvalue weighted by atomic mass is 9.98. The Kier molecular flexibility index (Phi) is 6.29. The third kappa shape index (κ3) is 4.05. The fourth-order valence-corrected chi connectivity index (χ4v) is 4.98. The number of hydrogen-bond donors (Lipinski definition) is 1. The van der Waals surface area contributed by atoms with Crippen LogP contribution in [0.5, 0.6) is 11.5 Å². The molecule has 2 amide bonds. The predicted octanol–water partition coefficient (Wildman–Crippen LogP) is 2.75. The Balaban J connectivity index is 1.67. The van der Waals surface area contributed by atoms with Crippen molar-refractivity contribution in [3.05, 3.63) is 51.8 Å². The number of benzene rings is 1. The molecule has 2 aliphatic rings. The summed E-state index contributed by atoms with van der Waals surface area (Å²) in [7, 11) is 3.11. The average molecular weight is 443 g/mol. The number of nitrogens with zero attached hydrogens (tertiary/aromatic N) is 2. The van der Waals surface area contributed by atoms with Crippen LogP contribution in [0.15, 0.2) is 41.4 Å². The van der Waals surface area contributed by atoms with Crippen LogP contribution in [-0.2, 0) is 16.1 Å². The molecule has 0 aliphatic carbocycles. The summed E-state index contributed by atoms with van der Waals surface area (Å²) in [6.45, 7) is 1.50. The van der Waals surface area contributed by atoms with Gasteiger partial charge in [-0.15, -0.1) is 11.3 Å². The molecule has 0 bridgehead atoms. The second kappa shape index (κ2) is 9.11. The molecule has 1 saturated heterocycles. The molecule has 3 heterocycles. The summed E-state index contributed by atoms with van der Waals surface area (Å²) >= 11 is 1.45. The van der Waals surface area contributed by atoms with Gasteiger partial charge in [0.05, 0.1) is 26.3 Å². The van der Waals surface area contributed by atoms with Gasteiger partial charge in [0.25, 0.3) is 11.8 Å². The van der Waals surface area contributed by atoms with Crippen LogP contribution in [0.3, 0.4) is 0 Å². The van der Waals surface area contributed by atoms with Crippen molar-refractivity contribution >= 4 is 28.7 Å². The van der Waals surface area contributed by atoms with Crippen LogP contribution in [0.2, 0.25) is 0 Å². The van der Waals surface area contributed by atoms with E-state index in [0.29, 0.717) is 35.9 Å². The highest BCUT2D eigenvalue weighted by molar-refractivity contribution is 7.11. The van der Waals surface area contributed by atoms with Gasteiger partial charge in [0, 0.05) is 24.6 Å². The van der Waals surface area contributed by atoms with E-state index in [2.05, 4.69) is 0 Å². The Morgan fingerprint density at radius 1 is 1.13 bits per heavy atom. The molecule has 4 rings (SSSR count). The molecule has 1 N–H and O–H groups in total. The van der Waals surface area contributed by atoms with E-state index in [1.165, 1.54) is 16.2 Å². The third-order valence-corrected chi connectivity index (χ3v) is 6.68. The predicted molar refractivity (Wildman–Crippen MR) is 118 cm³/mol. The summed E-state index contributed by atoms with van der Waals surface area (Å²) in [6, 6.07) is 9.13. The van der Waals surface area contributed by atoms with Crippen molar-refractivity contribution < 1.29 is 24.2 Å². The first-order valence-electron chi connectivity index (χ1n) is 10.3. The van der Waals surface area contributed by atoms with Crippen LogP contribution in [-0.4, -0.2) is 60.6 Å². The van der Waals surface area contributed by atoms with Gasteiger partial charge in [0.2, 0.25) is 0 Å². The fourth-order valence-electron chi connectivity index (χ4n) is 4.22. The summed E-state index contributed by atoms with van der Waals surface area (Å²) in [5, 5.41) is 11.5. The van der Waals surface area contributed by atoms with Crippen LogP contribution >= 0.6 is 11.3 Å². The van der Waals surface area contributed by atoms with Crippen LogP contribution in [0, 0.1) is 5.92 Å². The van der Waals surface area contributed by atoms with E-state index in [4.69, 9.17) is 9.47 Å². The van der Waals surface area contributed by atoms with E-state index < -0.39 is 0 Å². The van der Waals surface area contributed by atoms with E-state index in [1.54, 1.807) is 26.4 Å². The normalized spacial score (nSPS) is 19.4. The molecule has 1 unspecified atom stereocenters. The highest BCUT2D eigenvalue weighted by Gasteiger charge is 2.42. The van der Waals surface area contributed by atoms with Gasteiger partial charge in [0.15, 0.2) is 11.5 Å². The number of methoxy groups -OCH3 is 2. The molecule has 2 aliphatic heterocycles. The average Bonchev–Trinajstić information content (AvgIpc) is 3.41. The quantitative estimate of drug-likeness (QED) is 0.665. The molecule has 1 aromatic carbocycles. The lowest BCUT2D eigenvalue weighted by molar-refractivity contribution is -0.138. The summed E-state index contributed by atoms with van der Waals surface area (Å²) in [4.78, 5) is 31.0. The lowest BCUT2D eigenvalue weighted by Gasteiger charge is -2.34. The minimum absolute atomic E-state index is 0.0790. The Hall–Kier alpha value is -2.84. The molecule has 8 heteroatoms. The third-order valence-electron chi connectivity index (χ3n) is 5.79. The van der Waals surface area contributed by atoms with Crippen molar-refractivity contribution in [1.29, 1.82) is 0 Å². The number of carbonyl (C=O) groups is 2. The van der Waals surface area contributed by atoms with Crippen molar-refractivity contribution in [2.24, 2.45) is 5.92 Å². The number of thiophene rings is 1. The molecular formula is C23H26N2O5S. The van der Waals surface area contributed by atoms with Crippen molar-refractivity contribution in [2.75, 3.05) is 33.9 Å². The maximum absolute atomic E-state index is 13.5. The molecule has 0 spiro atoms. The summed E-state index contributed by atoms with van der Waals surface area (Å²) < 4.78 is 10.6. The van der Waals surface area contributed by atoms with Crippen LogP contribution in [0.1, 0.15) is 23.3 Å². The summed E-state index contributed by atoms with van der Waals surface area (Å²) in [5.74, 6) is 0.665. The van der Waals surface area contributed by atoms with E-state index in [1.807, 2.05) is 28.5 Å². The maximum atomic E-state index is 13.5. The largest absolute Gasteiger partial charge is 0.493 e. The standard InChI is InChI=1S/C23H26N2O5S/c1-29-17-8-7-15(11-18(17)30-2)13-25-22(27)20(19-6-4-10-31-19)21(23(25)28)24-9-3-5-16(12-24)14-26/h4,6-8,10-11,16,26H,3,5,9,12-14H2,1-2H3. The van der Waals surface area contributed by atoms with E-state index in [-0.39, 0.29) is 30.9 Å². The van der Waals surface area contributed by atoms with Gasteiger partial charge in [-0.05, 0) is 47.9 Å². The molecular weight excluding hydrogens is 416 g/mol. The summed E-state index contributed by atoms with van der Waals surface area (Å²) in [5.41, 5.74) is 1.68. The smallest absolute Gasteiger partial charge is 0.278 e. The van der Waals surface area contributed by atoms with E-state index in [9.17, 15) is 14.7 Å². The van der Waals surface area contributed by atoms with E-state index in [0.717, 1.165) is 23.3 Å². The van der Waals surface area contributed by atoms with Gasteiger partial charge in [-0.3, -0.25) is 14.5 Å². The van der Waals surface area contributed by atoms with Gasteiger partial charge >= 0.3 is 0 Å². The van der Waals surface area contributed by atoms with Crippen molar-refractivity contribution in [3.8, 4) is 11.5 Å². The van der Waals surface area contributed by atoms with Crippen molar-refractivity contribution in [3.63, 3.8) is 0 Å². The fraction of sp³-hybridized carbons (Fsp3) is 0.391. The number of aliphatic hydroxyl groups is 1. The number of rotatable bonds is 7. The number of amides is 2. The Bertz CT molecular complexity index is 1000. The van der Waals surface area contributed by atoms with Crippen molar-refractivity contribution in [2.45, 2.75) is 19.4 Å². The summed E-state index contributed by atoms with van der Waals surface area (Å²) in [6.07, 6.45) is 1.80. The minimum atomic E-state index is -0.290. The van der Waals surface area contributed by atoms with Crippen molar-refractivity contribution in [1.82, 2.24) is 9.80 Å². The first-order chi connectivity index (χ1) is 15.1. The Labute approximate surface area is 185 Å². The number of piperidine rings is 1. The topological polar surface area (TPSA) is 79.3 Å². The van der Waals surface area contributed by atoms with E-state index >= 15 is 0 Å². The number of hydrogen-bond acceptors (Lipinski definition) is 7. The monoisotopic (exact) mass is 442 g/mol. The second-order valence-corrected chi connectivity index (χ2v) is 8.67. The molecule has 2 aromatic rings. The van der Waals surface area contributed by atoms with Crippen LogP contribution in [0.4, 0.5) is 0 Å². The van der Waals surface area contributed by atoms with Crippen LogP contribution < -0.4 is 9.47 Å². The SMILES string of the molecule is COc1ccc(CN2C(=O)C(c3cccs3)=C(N3CCCC(CO)C3)C2=O)cc1OC. The number of aliphatic hydroxyl groups excluding tert-OH is 1. The number of ether oxygens (including phenoxy) is 2. The van der Waals surface area contributed by atoms with Gasteiger partial charge in [0.1, 0.15) is 5.70 Å². The molecule has 1 fully saturated rings. The zero-order chi connectivity index (χ0) is 22.0. The number of imide groups is 1. The van der Waals surface area contributed by atoms with Gasteiger partial charge in [-0.1, -0.05) is 12.1 Å². The molecule has 7 nitrogen and oxygen atoms in total. The molecule has 1 atom stereocenters. The van der Waals surface area contributed by atoms with Gasteiger partial charge in [-0.2, -0.15) is 0 Å². The van der Waals surface area contributed by atoms with Gasteiger partial charge < -0.3 is 19.5 Å². The molecule has 164 valence electrons. The first kappa shape index (κ1) is 21.4. The van der Waals surface area contributed by atoms with Crippen LogP contribution in [0.25, 0.3) is 5.57 Å². The maximum Gasteiger partial charge on any atom is 0.278 e.